The fourth-order valence-corrected chi connectivity index (χ4v) is 2.70. The van der Waals surface area contributed by atoms with Gasteiger partial charge in [0.25, 0.3) is 5.91 Å². The number of rotatable bonds is 1. The highest BCUT2D eigenvalue weighted by Gasteiger charge is 2.30. The maximum Gasteiger partial charge on any atom is 0.254 e. The Morgan fingerprint density at radius 1 is 1.31 bits per heavy atom. The molecule has 2 rings (SSSR count). The quantitative estimate of drug-likeness (QED) is 0.725. The van der Waals surface area contributed by atoms with Crippen molar-refractivity contribution in [2.45, 2.75) is 26.3 Å². The summed E-state index contributed by atoms with van der Waals surface area (Å²) in [6, 6.07) is 8.18. The van der Waals surface area contributed by atoms with Gasteiger partial charge in [-0.3, -0.25) is 4.79 Å². The van der Waals surface area contributed by atoms with Gasteiger partial charge in [-0.2, -0.15) is 0 Å². The first-order valence-corrected chi connectivity index (χ1v) is 6.72. The normalized spacial score (nSPS) is 24.8. The Hall–Kier alpha value is -0.580. The van der Waals surface area contributed by atoms with Crippen LogP contribution in [0.1, 0.15) is 30.6 Å². The molecule has 3 heteroatoms. The third kappa shape index (κ3) is 2.39. The van der Waals surface area contributed by atoms with Gasteiger partial charge in [-0.05, 0) is 66.1 Å². The number of hydrogen-bond acceptors (Lipinski definition) is 1. The SMILES string of the molecule is CC1CC(C)N(C(=O)c2ccc(I)cc2)C1. The van der Waals surface area contributed by atoms with Crippen molar-refractivity contribution in [1.82, 2.24) is 4.90 Å². The number of hydrogen-bond donors (Lipinski definition) is 0. The number of likely N-dealkylation sites (tertiary alicyclic amines) is 1. The van der Waals surface area contributed by atoms with Crippen LogP contribution in [0.3, 0.4) is 0 Å². The summed E-state index contributed by atoms with van der Waals surface area (Å²) in [6.07, 6.45) is 1.12. The molecular weight excluding hydrogens is 313 g/mol. The smallest absolute Gasteiger partial charge is 0.254 e. The topological polar surface area (TPSA) is 20.3 Å². The number of nitrogens with zero attached hydrogens (tertiary/aromatic N) is 1. The minimum atomic E-state index is 0.174. The van der Waals surface area contributed by atoms with E-state index in [-0.39, 0.29) is 5.91 Å². The summed E-state index contributed by atoms with van der Waals surface area (Å²) < 4.78 is 1.16. The average Bonchev–Trinajstić information content (AvgIpc) is 2.58. The molecular formula is C13H16INO. The van der Waals surface area contributed by atoms with Gasteiger partial charge in [0.05, 0.1) is 0 Å². The van der Waals surface area contributed by atoms with Crippen molar-refractivity contribution in [3.8, 4) is 0 Å². The van der Waals surface area contributed by atoms with Crippen molar-refractivity contribution in [3.63, 3.8) is 0 Å². The van der Waals surface area contributed by atoms with Crippen molar-refractivity contribution in [2.24, 2.45) is 5.92 Å². The van der Waals surface area contributed by atoms with Gasteiger partial charge in [-0.15, -0.1) is 0 Å². The Morgan fingerprint density at radius 3 is 2.44 bits per heavy atom. The summed E-state index contributed by atoms with van der Waals surface area (Å²) >= 11 is 2.25. The molecule has 0 bridgehead atoms. The lowest BCUT2D eigenvalue weighted by Gasteiger charge is -2.21. The molecule has 0 aliphatic carbocycles. The zero-order valence-corrected chi connectivity index (χ0v) is 11.8. The van der Waals surface area contributed by atoms with Gasteiger partial charge in [0.1, 0.15) is 0 Å². The molecule has 1 amide bonds. The molecule has 2 unspecified atom stereocenters. The van der Waals surface area contributed by atoms with Crippen LogP contribution in [0.4, 0.5) is 0 Å². The zero-order valence-electron chi connectivity index (χ0n) is 9.61. The molecule has 1 fully saturated rings. The molecule has 2 nitrogen and oxygen atoms in total. The van der Waals surface area contributed by atoms with Gasteiger partial charge >= 0.3 is 0 Å². The molecule has 0 N–H and O–H groups in total. The molecule has 16 heavy (non-hydrogen) atoms. The first kappa shape index (κ1) is 11.9. The maximum atomic E-state index is 12.2. The highest BCUT2D eigenvalue weighted by atomic mass is 127. The van der Waals surface area contributed by atoms with E-state index in [0.717, 1.165) is 22.1 Å². The van der Waals surface area contributed by atoms with Crippen molar-refractivity contribution >= 4 is 28.5 Å². The van der Waals surface area contributed by atoms with E-state index >= 15 is 0 Å². The van der Waals surface area contributed by atoms with Gasteiger partial charge in [-0.1, -0.05) is 6.92 Å². The summed E-state index contributed by atoms with van der Waals surface area (Å²) in [5.74, 6) is 0.802. The van der Waals surface area contributed by atoms with Crippen molar-refractivity contribution in [1.29, 1.82) is 0 Å². The zero-order chi connectivity index (χ0) is 11.7. The van der Waals surface area contributed by atoms with Gasteiger partial charge in [-0.25, -0.2) is 0 Å². The average molecular weight is 329 g/mol. The van der Waals surface area contributed by atoms with E-state index in [1.165, 1.54) is 0 Å². The molecule has 0 saturated carbocycles. The molecule has 1 aromatic carbocycles. The number of carbonyl (C=O) groups excluding carboxylic acids is 1. The van der Waals surface area contributed by atoms with Crippen LogP contribution in [0, 0.1) is 9.49 Å². The van der Waals surface area contributed by atoms with E-state index in [9.17, 15) is 4.79 Å². The van der Waals surface area contributed by atoms with Crippen LogP contribution < -0.4 is 0 Å². The standard InChI is InChI=1S/C13H16INO/c1-9-7-10(2)15(8-9)13(16)11-3-5-12(14)6-4-11/h3-6,9-10H,7-8H2,1-2H3. The Labute approximate surface area is 110 Å². The minimum absolute atomic E-state index is 0.174. The second kappa shape index (κ2) is 4.73. The number of carbonyl (C=O) groups is 1. The Balaban J connectivity index is 2.16. The molecule has 1 aromatic rings. The highest BCUT2D eigenvalue weighted by molar-refractivity contribution is 14.1. The third-order valence-corrected chi connectivity index (χ3v) is 3.86. The summed E-state index contributed by atoms with van der Waals surface area (Å²) in [7, 11) is 0. The van der Waals surface area contributed by atoms with E-state index < -0.39 is 0 Å². The van der Waals surface area contributed by atoms with Gasteiger partial charge in [0.15, 0.2) is 0 Å². The van der Waals surface area contributed by atoms with Crippen LogP contribution in [0.5, 0.6) is 0 Å². The molecule has 0 aromatic heterocycles. The number of amides is 1. The highest BCUT2D eigenvalue weighted by Crippen LogP contribution is 2.24. The van der Waals surface area contributed by atoms with Gasteiger partial charge < -0.3 is 4.90 Å². The molecule has 1 aliphatic heterocycles. The lowest BCUT2D eigenvalue weighted by Crippen LogP contribution is -2.33. The molecule has 86 valence electrons. The Bertz CT molecular complexity index is 387. The summed E-state index contributed by atoms with van der Waals surface area (Å²) in [4.78, 5) is 14.2. The predicted octanol–water partition coefficient (Wildman–Crippen LogP) is 3.16. The second-order valence-electron chi connectivity index (χ2n) is 4.65. The lowest BCUT2D eigenvalue weighted by atomic mass is 10.1. The van der Waals surface area contributed by atoms with Crippen molar-refractivity contribution < 1.29 is 4.79 Å². The van der Waals surface area contributed by atoms with E-state index in [2.05, 4.69) is 36.4 Å². The Morgan fingerprint density at radius 2 is 1.94 bits per heavy atom. The Kier molecular flexibility index (Phi) is 3.52. The fourth-order valence-electron chi connectivity index (χ4n) is 2.34. The molecule has 1 heterocycles. The summed E-state index contributed by atoms with van der Waals surface area (Å²) in [5.41, 5.74) is 0.807. The molecule has 0 radical (unpaired) electrons. The molecule has 1 aliphatic rings. The monoisotopic (exact) mass is 329 g/mol. The maximum absolute atomic E-state index is 12.2. The summed E-state index contributed by atoms with van der Waals surface area (Å²) in [5, 5.41) is 0. The largest absolute Gasteiger partial charge is 0.336 e. The molecule has 1 saturated heterocycles. The van der Waals surface area contributed by atoms with Gasteiger partial charge in [0, 0.05) is 21.7 Å². The van der Waals surface area contributed by atoms with Crippen LogP contribution in [-0.4, -0.2) is 23.4 Å². The number of halogens is 1. The van der Waals surface area contributed by atoms with Crippen LogP contribution in [0.25, 0.3) is 0 Å². The molecule has 2 atom stereocenters. The van der Waals surface area contributed by atoms with E-state index in [1.54, 1.807) is 0 Å². The van der Waals surface area contributed by atoms with E-state index in [0.29, 0.717) is 12.0 Å². The first-order valence-electron chi connectivity index (χ1n) is 5.64. The van der Waals surface area contributed by atoms with Crippen LogP contribution in [0.2, 0.25) is 0 Å². The van der Waals surface area contributed by atoms with E-state index in [1.807, 2.05) is 29.2 Å². The van der Waals surface area contributed by atoms with Crippen molar-refractivity contribution in [3.05, 3.63) is 33.4 Å². The minimum Gasteiger partial charge on any atom is -0.336 e. The van der Waals surface area contributed by atoms with Crippen molar-refractivity contribution in [2.75, 3.05) is 6.54 Å². The van der Waals surface area contributed by atoms with Gasteiger partial charge in [0.2, 0.25) is 0 Å². The number of benzene rings is 1. The fraction of sp³-hybridized carbons (Fsp3) is 0.462. The lowest BCUT2D eigenvalue weighted by molar-refractivity contribution is 0.0744. The van der Waals surface area contributed by atoms with Crippen LogP contribution >= 0.6 is 22.6 Å². The third-order valence-electron chi connectivity index (χ3n) is 3.14. The second-order valence-corrected chi connectivity index (χ2v) is 5.90. The molecule has 0 spiro atoms. The van der Waals surface area contributed by atoms with Crippen LogP contribution in [0.15, 0.2) is 24.3 Å². The predicted molar refractivity (Wildman–Crippen MR) is 73.4 cm³/mol. The summed E-state index contributed by atoms with van der Waals surface area (Å²) in [6.45, 7) is 5.23. The first-order chi connectivity index (χ1) is 7.58. The van der Waals surface area contributed by atoms with Crippen LogP contribution in [-0.2, 0) is 0 Å². The van der Waals surface area contributed by atoms with E-state index in [4.69, 9.17) is 0 Å².